The molecule has 0 aliphatic rings. The largest absolute Gasteiger partial charge is 0.494 e. The number of unbranched alkanes of at least 4 members (excludes halogenated alkanes) is 1. The fourth-order valence-corrected chi connectivity index (χ4v) is 4.02. The van der Waals surface area contributed by atoms with Crippen LogP contribution in [0, 0.1) is 6.92 Å². The first-order valence-electron chi connectivity index (χ1n) is 13.3. The molecule has 4 rings (SSSR count). The van der Waals surface area contributed by atoms with Gasteiger partial charge in [0.15, 0.2) is 6.29 Å². The minimum atomic E-state index is -0.543. The molecule has 0 aromatic heterocycles. The minimum absolute atomic E-state index is 0.266. The molecule has 0 atom stereocenters. The number of anilines is 2. The van der Waals surface area contributed by atoms with E-state index in [1.165, 1.54) is 12.7 Å². The molecule has 0 heterocycles. The molecule has 208 valence electrons. The average Bonchev–Trinajstić information content (AvgIpc) is 2.99. The number of hydrogen-bond acceptors (Lipinski definition) is 7. The van der Waals surface area contributed by atoms with Gasteiger partial charge in [-0.1, -0.05) is 37.6 Å². The average molecular weight is 549 g/mol. The Labute approximate surface area is 239 Å². The van der Waals surface area contributed by atoms with E-state index in [9.17, 15) is 9.59 Å². The number of nitrogens with one attached hydrogen (secondary N) is 2. The van der Waals surface area contributed by atoms with E-state index < -0.39 is 6.03 Å². The fourth-order valence-electron chi connectivity index (χ4n) is 4.02. The van der Waals surface area contributed by atoms with E-state index in [4.69, 9.17) is 4.74 Å². The molecule has 0 saturated carbocycles. The number of carbonyl (C=O) groups is 2. The molecule has 2 amide bonds. The summed E-state index contributed by atoms with van der Waals surface area (Å²) < 4.78 is 5.46. The van der Waals surface area contributed by atoms with E-state index >= 15 is 0 Å². The van der Waals surface area contributed by atoms with E-state index in [2.05, 4.69) is 44.1 Å². The quantitative estimate of drug-likeness (QED) is 0.143. The number of methoxy groups -OCH3 is 1. The molecule has 9 nitrogen and oxygen atoms in total. The number of amides is 2. The Hall–Kier alpha value is -5.18. The van der Waals surface area contributed by atoms with Gasteiger partial charge >= 0.3 is 6.03 Å². The third kappa shape index (κ3) is 8.40. The van der Waals surface area contributed by atoms with E-state index in [-0.39, 0.29) is 5.56 Å². The van der Waals surface area contributed by atoms with Crippen molar-refractivity contribution in [2.75, 3.05) is 17.7 Å². The Bertz CT molecular complexity index is 1580. The molecule has 0 aliphatic heterocycles. The highest BCUT2D eigenvalue weighted by molar-refractivity contribution is 6.03. The Morgan fingerprint density at radius 2 is 1.39 bits per heavy atom. The smallest absolute Gasteiger partial charge is 0.323 e. The van der Waals surface area contributed by atoms with Crippen molar-refractivity contribution in [3.63, 3.8) is 0 Å². The van der Waals surface area contributed by atoms with E-state index in [1.807, 2.05) is 49.4 Å². The highest BCUT2D eigenvalue weighted by Crippen LogP contribution is 2.31. The second kappa shape index (κ2) is 14.3. The van der Waals surface area contributed by atoms with Gasteiger partial charge in [0.1, 0.15) is 5.75 Å². The molecule has 0 radical (unpaired) electrons. The van der Waals surface area contributed by atoms with Crippen LogP contribution < -0.4 is 15.4 Å². The molecule has 41 heavy (non-hydrogen) atoms. The summed E-state index contributed by atoms with van der Waals surface area (Å²) in [4.78, 5) is 24.5. The second-order valence-corrected chi connectivity index (χ2v) is 9.37. The lowest BCUT2D eigenvalue weighted by molar-refractivity contribution is 0.112. The van der Waals surface area contributed by atoms with Gasteiger partial charge in [0.25, 0.3) is 0 Å². The molecular weight excluding hydrogens is 516 g/mol. The molecule has 4 aromatic carbocycles. The van der Waals surface area contributed by atoms with Crippen molar-refractivity contribution in [2.24, 2.45) is 20.5 Å². The molecule has 0 fully saturated rings. The number of benzene rings is 4. The van der Waals surface area contributed by atoms with E-state index in [0.29, 0.717) is 40.5 Å². The highest BCUT2D eigenvalue weighted by Gasteiger charge is 2.11. The summed E-state index contributed by atoms with van der Waals surface area (Å²) in [6.45, 7) is 4.14. The van der Waals surface area contributed by atoms with Crippen LogP contribution in [-0.4, -0.2) is 19.4 Å². The first-order valence-corrected chi connectivity index (χ1v) is 13.3. The Morgan fingerprint density at radius 3 is 2.05 bits per heavy atom. The molecule has 0 saturated heterocycles. The molecule has 4 aromatic rings. The maximum atomic E-state index is 12.8. The first-order chi connectivity index (χ1) is 20.0. The zero-order valence-electron chi connectivity index (χ0n) is 23.3. The molecule has 0 spiro atoms. The van der Waals surface area contributed by atoms with Crippen molar-refractivity contribution in [1.29, 1.82) is 0 Å². The lowest BCUT2D eigenvalue weighted by Gasteiger charge is -2.12. The van der Waals surface area contributed by atoms with Crippen LogP contribution in [0.2, 0.25) is 0 Å². The van der Waals surface area contributed by atoms with Gasteiger partial charge in [0, 0.05) is 11.6 Å². The number of azo groups is 2. The van der Waals surface area contributed by atoms with Crippen molar-refractivity contribution < 1.29 is 14.3 Å². The summed E-state index contributed by atoms with van der Waals surface area (Å²) in [6, 6.07) is 25.0. The van der Waals surface area contributed by atoms with Gasteiger partial charge in [0.2, 0.25) is 0 Å². The number of hydrogen-bond donors (Lipinski definition) is 2. The van der Waals surface area contributed by atoms with Crippen LogP contribution in [0.15, 0.2) is 105 Å². The van der Waals surface area contributed by atoms with Gasteiger partial charge in [-0.3, -0.25) is 4.79 Å². The zero-order chi connectivity index (χ0) is 29.0. The second-order valence-electron chi connectivity index (χ2n) is 9.37. The maximum absolute atomic E-state index is 12.8. The summed E-state index contributed by atoms with van der Waals surface area (Å²) >= 11 is 0. The van der Waals surface area contributed by atoms with Gasteiger partial charge in [-0.15, -0.1) is 0 Å². The van der Waals surface area contributed by atoms with Crippen LogP contribution >= 0.6 is 0 Å². The molecule has 0 unspecified atom stereocenters. The summed E-state index contributed by atoms with van der Waals surface area (Å²) in [7, 11) is 1.51. The van der Waals surface area contributed by atoms with Crippen LogP contribution in [0.3, 0.4) is 0 Å². The Morgan fingerprint density at radius 1 is 0.780 bits per heavy atom. The normalized spacial score (nSPS) is 11.1. The molecule has 2 N–H and O–H groups in total. The van der Waals surface area contributed by atoms with Crippen molar-refractivity contribution >= 4 is 46.4 Å². The topological polar surface area (TPSA) is 117 Å². The molecule has 9 heteroatoms. The lowest BCUT2D eigenvalue weighted by Crippen LogP contribution is -2.20. The fraction of sp³-hybridized carbons (Fsp3) is 0.188. The number of aldehydes is 1. The van der Waals surface area contributed by atoms with Gasteiger partial charge in [-0.25, -0.2) is 4.79 Å². The predicted octanol–water partition coefficient (Wildman–Crippen LogP) is 9.63. The van der Waals surface area contributed by atoms with Crippen molar-refractivity contribution in [3.05, 3.63) is 102 Å². The van der Waals surface area contributed by atoms with Gasteiger partial charge in [-0.2, -0.15) is 20.5 Å². The summed E-state index contributed by atoms with van der Waals surface area (Å²) in [5.74, 6) is 0.413. The van der Waals surface area contributed by atoms with Crippen molar-refractivity contribution in [1.82, 2.24) is 0 Å². The third-order valence-electron chi connectivity index (χ3n) is 6.14. The summed E-state index contributed by atoms with van der Waals surface area (Å²) in [5.41, 5.74) is 5.86. The molecular formula is C32H32N6O3. The van der Waals surface area contributed by atoms with Crippen LogP contribution in [0.1, 0.15) is 41.3 Å². The maximum Gasteiger partial charge on any atom is 0.323 e. The number of nitrogens with zero attached hydrogens (tertiary/aromatic N) is 4. The monoisotopic (exact) mass is 548 g/mol. The van der Waals surface area contributed by atoms with E-state index in [1.54, 1.807) is 36.4 Å². The molecule has 0 bridgehead atoms. The van der Waals surface area contributed by atoms with Gasteiger partial charge in [0.05, 0.1) is 41.2 Å². The van der Waals surface area contributed by atoms with Crippen molar-refractivity contribution in [2.45, 2.75) is 33.1 Å². The zero-order valence-corrected chi connectivity index (χ0v) is 23.3. The standard InChI is InChI=1S/C32H32N6O3/c1-4-5-9-23-10-7-12-26(18-23)36-38-28-14-16-30(31(20-28)41-3)34-32(40)33-29-15-13-27(19-24(29)21-39)37-35-25-11-6-8-22(2)17-25/h6-8,10-21H,4-5,9H2,1-3H3,(H2,33,34,40). The minimum Gasteiger partial charge on any atom is -0.494 e. The lowest BCUT2D eigenvalue weighted by atomic mass is 10.1. The SMILES string of the molecule is CCCCc1cccc(N=Nc2ccc(NC(=O)Nc3ccc(N=Nc4cccc(C)c4)cc3C=O)c(OC)c2)c1. The van der Waals surface area contributed by atoms with Crippen LogP contribution in [0.4, 0.5) is 38.9 Å². The van der Waals surface area contributed by atoms with E-state index in [0.717, 1.165) is 30.5 Å². The predicted molar refractivity (Wildman–Crippen MR) is 162 cm³/mol. The Balaban J connectivity index is 1.41. The van der Waals surface area contributed by atoms with Crippen molar-refractivity contribution in [3.8, 4) is 5.75 Å². The van der Waals surface area contributed by atoms with Gasteiger partial charge in [-0.05, 0) is 85.5 Å². The number of rotatable bonds is 11. The number of urea groups is 1. The van der Waals surface area contributed by atoms with Crippen LogP contribution in [0.5, 0.6) is 5.75 Å². The summed E-state index contributed by atoms with van der Waals surface area (Å²) in [6.07, 6.45) is 3.92. The summed E-state index contributed by atoms with van der Waals surface area (Å²) in [5, 5.41) is 22.5. The number of ether oxygens (including phenoxy) is 1. The first kappa shape index (κ1) is 28.8. The number of carbonyl (C=O) groups excluding carboxylic acids is 2. The van der Waals surface area contributed by atoms with Crippen LogP contribution in [0.25, 0.3) is 0 Å². The Kier molecular flexibility index (Phi) is 10.0. The number of aryl methyl sites for hydroxylation is 2. The third-order valence-corrected chi connectivity index (χ3v) is 6.14. The highest BCUT2D eigenvalue weighted by atomic mass is 16.5. The van der Waals surface area contributed by atoms with Gasteiger partial charge < -0.3 is 15.4 Å². The molecule has 0 aliphatic carbocycles. The van der Waals surface area contributed by atoms with Crippen LogP contribution in [-0.2, 0) is 6.42 Å².